The first-order valence-corrected chi connectivity index (χ1v) is 9.86. The van der Waals surface area contributed by atoms with Crippen molar-refractivity contribution in [1.29, 1.82) is 0 Å². The Kier molecular flexibility index (Phi) is 6.62. The number of benzene rings is 2. The summed E-state index contributed by atoms with van der Waals surface area (Å²) in [6.07, 6.45) is -3.90. The first-order chi connectivity index (χ1) is 14.7. The van der Waals surface area contributed by atoms with E-state index in [1.54, 1.807) is 24.3 Å². The second kappa shape index (κ2) is 9.20. The molecule has 0 saturated carbocycles. The van der Waals surface area contributed by atoms with Gasteiger partial charge >= 0.3 is 6.18 Å². The van der Waals surface area contributed by atoms with Gasteiger partial charge in [-0.15, -0.1) is 0 Å². The molecule has 2 N–H and O–H groups in total. The summed E-state index contributed by atoms with van der Waals surface area (Å²) in [6.45, 7) is 2.36. The largest absolute Gasteiger partial charge is 0.416 e. The fourth-order valence-electron chi connectivity index (χ4n) is 3.34. The van der Waals surface area contributed by atoms with E-state index in [0.717, 1.165) is 18.6 Å². The maximum absolute atomic E-state index is 13.0. The number of carbonyl (C=O) groups is 3. The van der Waals surface area contributed by atoms with Gasteiger partial charge in [-0.05, 0) is 36.8 Å². The summed E-state index contributed by atoms with van der Waals surface area (Å²) in [5, 5.41) is 5.42. The molecule has 3 amide bonds. The third-order valence-electron chi connectivity index (χ3n) is 4.95. The van der Waals surface area contributed by atoms with Crippen LogP contribution in [0.1, 0.15) is 35.7 Å². The monoisotopic (exact) mass is 433 g/mol. The van der Waals surface area contributed by atoms with Crippen molar-refractivity contribution in [2.75, 3.05) is 23.3 Å². The van der Waals surface area contributed by atoms with Crippen molar-refractivity contribution in [3.8, 4) is 0 Å². The highest BCUT2D eigenvalue weighted by molar-refractivity contribution is 6.07. The SMILES string of the molecule is CCCNC(=O)c1ccccc1NC(=O)[C@H]1CC(=O)N(c2cccc(C(F)(F)F)c2)C1. The highest BCUT2D eigenvalue weighted by atomic mass is 19.4. The fraction of sp³-hybridized carbons (Fsp3) is 0.318. The number of hydrogen-bond donors (Lipinski definition) is 2. The maximum atomic E-state index is 13.0. The van der Waals surface area contributed by atoms with E-state index in [4.69, 9.17) is 0 Å². The second-order valence-electron chi connectivity index (χ2n) is 7.24. The van der Waals surface area contributed by atoms with E-state index in [1.165, 1.54) is 17.0 Å². The molecule has 1 aliphatic heterocycles. The van der Waals surface area contributed by atoms with Crippen molar-refractivity contribution in [2.45, 2.75) is 25.9 Å². The number of nitrogens with one attached hydrogen (secondary N) is 2. The summed E-state index contributed by atoms with van der Waals surface area (Å²) in [4.78, 5) is 38.6. The van der Waals surface area contributed by atoms with E-state index in [2.05, 4.69) is 10.6 Å². The molecule has 2 aromatic rings. The highest BCUT2D eigenvalue weighted by Crippen LogP contribution is 2.33. The number of carbonyl (C=O) groups excluding carboxylic acids is 3. The van der Waals surface area contributed by atoms with Crippen molar-refractivity contribution in [3.63, 3.8) is 0 Å². The Balaban J connectivity index is 1.73. The van der Waals surface area contributed by atoms with Gasteiger partial charge in [0.25, 0.3) is 5.91 Å². The predicted octanol–water partition coefficient (Wildman–Crippen LogP) is 3.84. The molecule has 0 radical (unpaired) electrons. The Bertz CT molecular complexity index is 991. The van der Waals surface area contributed by atoms with Crippen LogP contribution in [0.25, 0.3) is 0 Å². The highest BCUT2D eigenvalue weighted by Gasteiger charge is 2.37. The van der Waals surface area contributed by atoms with Gasteiger partial charge in [0.05, 0.1) is 22.7 Å². The number of amides is 3. The minimum atomic E-state index is -4.53. The topological polar surface area (TPSA) is 78.5 Å². The average Bonchev–Trinajstić information content (AvgIpc) is 3.13. The second-order valence-corrected chi connectivity index (χ2v) is 7.24. The molecule has 6 nitrogen and oxygen atoms in total. The zero-order chi connectivity index (χ0) is 22.6. The van der Waals surface area contributed by atoms with Gasteiger partial charge in [0.15, 0.2) is 0 Å². The molecule has 1 saturated heterocycles. The van der Waals surface area contributed by atoms with E-state index in [0.29, 0.717) is 17.8 Å². The maximum Gasteiger partial charge on any atom is 0.416 e. The zero-order valence-corrected chi connectivity index (χ0v) is 16.8. The smallest absolute Gasteiger partial charge is 0.352 e. The Morgan fingerprint density at radius 2 is 1.87 bits per heavy atom. The molecule has 1 fully saturated rings. The van der Waals surface area contributed by atoms with Crippen LogP contribution in [0.3, 0.4) is 0 Å². The standard InChI is InChI=1S/C22H22F3N3O3/c1-2-10-26-21(31)17-8-3-4-9-18(17)27-20(30)14-11-19(29)28(13-14)16-7-5-6-15(12-16)22(23,24)25/h3-9,12,14H,2,10-11,13H2,1H3,(H,26,31)(H,27,30)/t14-/m0/s1. The molecule has 9 heteroatoms. The van der Waals surface area contributed by atoms with Crippen molar-refractivity contribution < 1.29 is 27.6 Å². The molecule has 0 aliphatic carbocycles. The predicted molar refractivity (Wildman–Crippen MR) is 110 cm³/mol. The van der Waals surface area contributed by atoms with Gasteiger partial charge in [-0.3, -0.25) is 14.4 Å². The van der Waals surface area contributed by atoms with Gasteiger partial charge in [-0.2, -0.15) is 13.2 Å². The van der Waals surface area contributed by atoms with Crippen LogP contribution in [0, 0.1) is 5.92 Å². The van der Waals surface area contributed by atoms with Crippen LogP contribution in [0.5, 0.6) is 0 Å². The van der Waals surface area contributed by atoms with Crippen LogP contribution in [-0.4, -0.2) is 30.8 Å². The quantitative estimate of drug-likeness (QED) is 0.727. The number of hydrogen-bond acceptors (Lipinski definition) is 3. The zero-order valence-electron chi connectivity index (χ0n) is 16.8. The number of alkyl halides is 3. The summed E-state index contributed by atoms with van der Waals surface area (Å²) in [6, 6.07) is 11.0. The summed E-state index contributed by atoms with van der Waals surface area (Å²) in [5.74, 6) is -1.99. The van der Waals surface area contributed by atoms with Gasteiger partial charge in [0.1, 0.15) is 0 Å². The van der Waals surface area contributed by atoms with Crippen LogP contribution in [-0.2, 0) is 15.8 Å². The molecule has 0 aromatic heterocycles. The summed E-state index contributed by atoms with van der Waals surface area (Å²) in [5.41, 5.74) is -0.165. The molecule has 31 heavy (non-hydrogen) atoms. The molecule has 164 valence electrons. The number of nitrogens with zero attached hydrogens (tertiary/aromatic N) is 1. The number of halogens is 3. The molecule has 1 atom stereocenters. The molecule has 1 aliphatic rings. The van der Waals surface area contributed by atoms with Crippen molar-refractivity contribution in [3.05, 3.63) is 59.7 Å². The van der Waals surface area contributed by atoms with E-state index >= 15 is 0 Å². The Hall–Kier alpha value is -3.36. The van der Waals surface area contributed by atoms with E-state index < -0.39 is 29.5 Å². The molecule has 1 heterocycles. The molecule has 2 aromatic carbocycles. The summed E-state index contributed by atoms with van der Waals surface area (Å²) >= 11 is 0. The van der Waals surface area contributed by atoms with Crippen LogP contribution < -0.4 is 15.5 Å². The average molecular weight is 433 g/mol. The van der Waals surface area contributed by atoms with Gasteiger partial charge in [-0.25, -0.2) is 0 Å². The normalized spacial score (nSPS) is 16.3. The van der Waals surface area contributed by atoms with Crippen LogP contribution >= 0.6 is 0 Å². The lowest BCUT2D eigenvalue weighted by atomic mass is 10.1. The van der Waals surface area contributed by atoms with Crippen molar-refractivity contribution >= 4 is 29.1 Å². The molecular formula is C22H22F3N3O3. The van der Waals surface area contributed by atoms with Crippen molar-refractivity contribution in [1.82, 2.24) is 5.32 Å². The molecule has 0 spiro atoms. The minimum absolute atomic E-state index is 0.0455. The van der Waals surface area contributed by atoms with Gasteiger partial charge in [-0.1, -0.05) is 25.1 Å². The number of anilines is 2. The van der Waals surface area contributed by atoms with Gasteiger partial charge in [0, 0.05) is 25.2 Å². The van der Waals surface area contributed by atoms with E-state index in [-0.39, 0.29) is 24.6 Å². The number of para-hydroxylation sites is 1. The third kappa shape index (κ3) is 5.22. The Morgan fingerprint density at radius 3 is 2.58 bits per heavy atom. The first kappa shape index (κ1) is 22.3. The Labute approximate surface area is 177 Å². The Morgan fingerprint density at radius 1 is 1.13 bits per heavy atom. The third-order valence-corrected chi connectivity index (χ3v) is 4.95. The fourth-order valence-corrected chi connectivity index (χ4v) is 3.34. The lowest BCUT2D eigenvalue weighted by Gasteiger charge is -2.18. The first-order valence-electron chi connectivity index (χ1n) is 9.86. The van der Waals surface area contributed by atoms with Gasteiger partial charge in [0.2, 0.25) is 11.8 Å². The molecular weight excluding hydrogens is 411 g/mol. The van der Waals surface area contributed by atoms with E-state index in [9.17, 15) is 27.6 Å². The van der Waals surface area contributed by atoms with Crippen LogP contribution in [0.4, 0.5) is 24.5 Å². The lowest BCUT2D eigenvalue weighted by Crippen LogP contribution is -2.29. The summed E-state index contributed by atoms with van der Waals surface area (Å²) in [7, 11) is 0. The van der Waals surface area contributed by atoms with Crippen molar-refractivity contribution in [2.24, 2.45) is 5.92 Å². The van der Waals surface area contributed by atoms with Crippen LogP contribution in [0.15, 0.2) is 48.5 Å². The molecule has 0 bridgehead atoms. The molecule has 0 unspecified atom stereocenters. The van der Waals surface area contributed by atoms with Gasteiger partial charge < -0.3 is 15.5 Å². The lowest BCUT2D eigenvalue weighted by molar-refractivity contribution is -0.137. The number of rotatable bonds is 6. The summed E-state index contributed by atoms with van der Waals surface area (Å²) < 4.78 is 38.9. The molecule has 3 rings (SSSR count). The minimum Gasteiger partial charge on any atom is -0.352 e. The van der Waals surface area contributed by atoms with E-state index in [1.807, 2.05) is 6.92 Å². The van der Waals surface area contributed by atoms with Crippen LogP contribution in [0.2, 0.25) is 0 Å².